The summed E-state index contributed by atoms with van der Waals surface area (Å²) in [6, 6.07) is 6.19. The molecule has 5 nitrogen and oxygen atoms in total. The zero-order valence-corrected chi connectivity index (χ0v) is 16.3. The van der Waals surface area contributed by atoms with Crippen LogP contribution >= 0.6 is 24.0 Å². The standard InChI is InChI=1S/C19H21NO4S2/c1-4-10-24-14-9-7-6-8-13(14)11-15-17(21)20(19(25)26-15)16(18(22)23)12(3)5-2/h4,6-9,11-12,16H,1,5,10H2,2-3H3,(H,22,23)/p-1/b15-11-/t12-,16-/m1/s1. The maximum Gasteiger partial charge on any atom is 0.266 e. The van der Waals surface area contributed by atoms with Gasteiger partial charge in [0.15, 0.2) is 0 Å². The summed E-state index contributed by atoms with van der Waals surface area (Å²) in [6.45, 7) is 7.58. The predicted molar refractivity (Wildman–Crippen MR) is 105 cm³/mol. The maximum atomic E-state index is 12.8. The van der Waals surface area contributed by atoms with Crippen LogP contribution in [0.3, 0.4) is 0 Å². The number of thiocarbonyl (C=S) groups is 1. The summed E-state index contributed by atoms with van der Waals surface area (Å²) in [5.41, 5.74) is 0.711. The number of ether oxygens (including phenoxy) is 1. The average Bonchev–Trinajstić information content (AvgIpc) is 2.88. The van der Waals surface area contributed by atoms with Gasteiger partial charge < -0.3 is 14.6 Å². The number of amides is 1. The first kappa shape index (κ1) is 20.2. The van der Waals surface area contributed by atoms with Crippen molar-refractivity contribution in [3.63, 3.8) is 0 Å². The first-order chi connectivity index (χ1) is 12.4. The van der Waals surface area contributed by atoms with Crippen LogP contribution in [-0.4, -0.2) is 33.7 Å². The minimum Gasteiger partial charge on any atom is -0.548 e. The van der Waals surface area contributed by atoms with E-state index in [0.717, 1.165) is 16.7 Å². The van der Waals surface area contributed by atoms with Crippen molar-refractivity contribution in [2.24, 2.45) is 5.92 Å². The normalized spacial score (nSPS) is 18.1. The molecule has 1 amide bonds. The molecule has 1 aliphatic heterocycles. The van der Waals surface area contributed by atoms with Crippen LogP contribution in [0, 0.1) is 5.92 Å². The third-order valence-corrected chi connectivity index (χ3v) is 5.42. The lowest BCUT2D eigenvalue weighted by Gasteiger charge is -2.32. The Morgan fingerprint density at radius 3 is 2.77 bits per heavy atom. The van der Waals surface area contributed by atoms with Gasteiger partial charge >= 0.3 is 0 Å². The molecule has 2 atom stereocenters. The topological polar surface area (TPSA) is 69.7 Å². The number of para-hydroxylation sites is 1. The van der Waals surface area contributed by atoms with E-state index in [0.29, 0.717) is 29.2 Å². The Kier molecular flexibility index (Phi) is 6.99. The number of carboxylic acid groups (broad SMARTS) is 1. The van der Waals surface area contributed by atoms with Crippen LogP contribution in [0.1, 0.15) is 25.8 Å². The van der Waals surface area contributed by atoms with E-state index in [1.165, 1.54) is 0 Å². The van der Waals surface area contributed by atoms with Crippen molar-refractivity contribution in [3.8, 4) is 5.75 Å². The van der Waals surface area contributed by atoms with E-state index >= 15 is 0 Å². The Morgan fingerprint density at radius 2 is 2.15 bits per heavy atom. The van der Waals surface area contributed by atoms with Crippen molar-refractivity contribution in [3.05, 3.63) is 47.4 Å². The molecule has 0 saturated carbocycles. The van der Waals surface area contributed by atoms with Gasteiger partial charge in [-0.3, -0.25) is 9.69 Å². The number of carboxylic acids is 1. The quantitative estimate of drug-likeness (QED) is 0.386. The van der Waals surface area contributed by atoms with Crippen molar-refractivity contribution >= 4 is 46.3 Å². The Hall–Kier alpha value is -2.12. The van der Waals surface area contributed by atoms with Gasteiger partial charge in [-0.1, -0.05) is 75.1 Å². The van der Waals surface area contributed by atoms with E-state index in [9.17, 15) is 14.7 Å². The number of hydrogen-bond donors (Lipinski definition) is 0. The second-order valence-corrected chi connectivity index (χ2v) is 7.51. The Bertz CT molecular complexity index is 760. The molecule has 0 N–H and O–H groups in total. The van der Waals surface area contributed by atoms with Gasteiger partial charge in [0.05, 0.1) is 16.9 Å². The molecule has 26 heavy (non-hydrogen) atoms. The van der Waals surface area contributed by atoms with Gasteiger partial charge in [0.25, 0.3) is 5.91 Å². The molecular weight excluding hydrogens is 370 g/mol. The lowest BCUT2D eigenvalue weighted by Crippen LogP contribution is -2.53. The molecule has 0 unspecified atom stereocenters. The van der Waals surface area contributed by atoms with Crippen LogP contribution in [0.5, 0.6) is 5.75 Å². The number of thioether (sulfide) groups is 1. The fourth-order valence-electron chi connectivity index (χ4n) is 2.56. The second-order valence-electron chi connectivity index (χ2n) is 5.84. The highest BCUT2D eigenvalue weighted by atomic mass is 32.2. The molecule has 1 saturated heterocycles. The Labute approximate surface area is 162 Å². The third kappa shape index (κ3) is 4.34. The van der Waals surface area contributed by atoms with E-state index < -0.39 is 17.9 Å². The van der Waals surface area contributed by atoms with E-state index in [-0.39, 0.29) is 10.2 Å². The van der Waals surface area contributed by atoms with Crippen LogP contribution in [0.25, 0.3) is 6.08 Å². The molecule has 0 aliphatic carbocycles. The highest BCUT2D eigenvalue weighted by Gasteiger charge is 2.39. The minimum absolute atomic E-state index is 0.222. The van der Waals surface area contributed by atoms with E-state index in [4.69, 9.17) is 17.0 Å². The lowest BCUT2D eigenvalue weighted by atomic mass is 9.98. The molecule has 1 aromatic rings. The number of aliphatic carboxylic acids is 1. The molecule has 0 bridgehead atoms. The van der Waals surface area contributed by atoms with E-state index in [1.807, 2.05) is 25.1 Å². The van der Waals surface area contributed by atoms with Crippen LogP contribution < -0.4 is 9.84 Å². The van der Waals surface area contributed by atoms with Crippen molar-refractivity contribution < 1.29 is 19.4 Å². The molecule has 1 aromatic carbocycles. The first-order valence-corrected chi connectivity index (χ1v) is 9.43. The maximum absolute atomic E-state index is 12.8. The Balaban J connectivity index is 2.35. The molecular formula is C19H20NO4S2-. The molecule has 1 heterocycles. The number of hydrogen-bond acceptors (Lipinski definition) is 6. The Morgan fingerprint density at radius 1 is 1.46 bits per heavy atom. The molecule has 0 aromatic heterocycles. The van der Waals surface area contributed by atoms with Crippen LogP contribution in [0.4, 0.5) is 0 Å². The summed E-state index contributed by atoms with van der Waals surface area (Å²) in [6.07, 6.45) is 3.89. The summed E-state index contributed by atoms with van der Waals surface area (Å²) in [7, 11) is 0. The number of rotatable bonds is 8. The van der Waals surface area contributed by atoms with Gasteiger partial charge in [-0.25, -0.2) is 0 Å². The van der Waals surface area contributed by atoms with Crippen molar-refractivity contribution in [2.75, 3.05) is 6.61 Å². The van der Waals surface area contributed by atoms with Crippen molar-refractivity contribution in [1.29, 1.82) is 0 Å². The fraction of sp³-hybridized carbons (Fsp3) is 0.316. The molecule has 138 valence electrons. The van der Waals surface area contributed by atoms with E-state index in [1.54, 1.807) is 25.1 Å². The average molecular weight is 391 g/mol. The van der Waals surface area contributed by atoms with Crippen LogP contribution in [0.15, 0.2) is 41.8 Å². The number of benzene rings is 1. The summed E-state index contributed by atoms with van der Waals surface area (Å²) in [5.74, 6) is -1.39. The summed E-state index contributed by atoms with van der Waals surface area (Å²) >= 11 is 6.35. The van der Waals surface area contributed by atoms with Gasteiger partial charge in [0.1, 0.15) is 16.7 Å². The number of carbonyl (C=O) groups is 2. The molecule has 1 fully saturated rings. The molecule has 1 aliphatic rings. The lowest BCUT2D eigenvalue weighted by molar-refractivity contribution is -0.311. The highest BCUT2D eigenvalue weighted by molar-refractivity contribution is 8.26. The zero-order chi connectivity index (χ0) is 19.3. The molecule has 2 rings (SSSR count). The smallest absolute Gasteiger partial charge is 0.266 e. The van der Waals surface area contributed by atoms with Crippen molar-refractivity contribution in [2.45, 2.75) is 26.3 Å². The highest BCUT2D eigenvalue weighted by Crippen LogP contribution is 2.36. The van der Waals surface area contributed by atoms with Gasteiger partial charge in [-0.2, -0.15) is 0 Å². The molecule has 0 spiro atoms. The molecule has 7 heteroatoms. The van der Waals surface area contributed by atoms with Gasteiger partial charge in [-0.15, -0.1) is 0 Å². The van der Waals surface area contributed by atoms with Crippen LogP contribution in [0.2, 0.25) is 0 Å². The SMILES string of the molecule is C=CCOc1ccccc1/C=C1\SC(=S)N([C@@H](C(=O)[O-])[C@H](C)CC)C1=O. The van der Waals surface area contributed by atoms with Crippen LogP contribution in [-0.2, 0) is 9.59 Å². The van der Waals surface area contributed by atoms with Gasteiger partial charge in [0.2, 0.25) is 0 Å². The minimum atomic E-state index is -1.30. The summed E-state index contributed by atoms with van der Waals surface area (Å²) < 4.78 is 5.82. The third-order valence-electron chi connectivity index (χ3n) is 4.09. The second kappa shape index (κ2) is 9.00. The fourth-order valence-corrected chi connectivity index (χ4v) is 3.88. The summed E-state index contributed by atoms with van der Waals surface area (Å²) in [4.78, 5) is 25.9. The van der Waals surface area contributed by atoms with Gasteiger partial charge in [0, 0.05) is 5.56 Å². The van der Waals surface area contributed by atoms with Crippen molar-refractivity contribution in [1.82, 2.24) is 4.90 Å². The number of carbonyl (C=O) groups excluding carboxylic acids is 2. The van der Waals surface area contributed by atoms with Gasteiger partial charge in [-0.05, 0) is 18.1 Å². The summed E-state index contributed by atoms with van der Waals surface area (Å²) in [5, 5.41) is 11.6. The monoisotopic (exact) mass is 390 g/mol. The predicted octanol–water partition coefficient (Wildman–Crippen LogP) is 2.62. The first-order valence-electron chi connectivity index (χ1n) is 8.21. The molecule has 0 radical (unpaired) electrons. The zero-order valence-electron chi connectivity index (χ0n) is 14.6. The largest absolute Gasteiger partial charge is 0.548 e. The van der Waals surface area contributed by atoms with E-state index in [2.05, 4.69) is 6.58 Å². The number of nitrogens with zero attached hydrogens (tertiary/aromatic N) is 1.